The third-order valence-electron chi connectivity index (χ3n) is 4.28. The van der Waals surface area contributed by atoms with Crippen molar-refractivity contribution in [3.8, 4) is 0 Å². The van der Waals surface area contributed by atoms with Crippen LogP contribution in [0, 0.1) is 6.92 Å². The molecule has 0 spiro atoms. The Morgan fingerprint density at radius 1 is 1.04 bits per heavy atom. The summed E-state index contributed by atoms with van der Waals surface area (Å²) >= 11 is 0. The molecule has 4 nitrogen and oxygen atoms in total. The Morgan fingerprint density at radius 3 is 2.54 bits per heavy atom. The number of para-hydroxylation sites is 1. The van der Waals surface area contributed by atoms with Crippen molar-refractivity contribution in [2.24, 2.45) is 0 Å². The molecule has 0 saturated carbocycles. The molecular formula is C20H20N2O2. The van der Waals surface area contributed by atoms with Crippen LogP contribution in [0.3, 0.4) is 0 Å². The molecule has 3 rings (SSSR count). The topological polar surface area (TPSA) is 42.3 Å². The summed E-state index contributed by atoms with van der Waals surface area (Å²) in [6, 6.07) is 16.9. The minimum Gasteiger partial charge on any atom is -0.340 e. The van der Waals surface area contributed by atoms with E-state index in [1.165, 1.54) is 11.6 Å². The van der Waals surface area contributed by atoms with Crippen LogP contribution in [0.2, 0.25) is 0 Å². The second kappa shape index (κ2) is 6.71. The van der Waals surface area contributed by atoms with Gasteiger partial charge in [-0.15, -0.1) is 0 Å². The lowest BCUT2D eigenvalue weighted by Crippen LogP contribution is -2.30. The summed E-state index contributed by atoms with van der Waals surface area (Å²) in [5.41, 5.74) is 3.06. The average Bonchev–Trinajstić information content (AvgIpc) is 2.59. The second-order valence-electron chi connectivity index (χ2n) is 6.00. The number of aromatic nitrogens is 1. The summed E-state index contributed by atoms with van der Waals surface area (Å²) in [6.07, 6.45) is 1.68. The van der Waals surface area contributed by atoms with E-state index in [1.54, 1.807) is 24.2 Å². The lowest BCUT2D eigenvalue weighted by molar-refractivity contribution is -0.131. The van der Waals surface area contributed by atoms with Gasteiger partial charge in [0.2, 0.25) is 5.91 Å². The number of hydrogen-bond donors (Lipinski definition) is 0. The SMILES string of the molecule is Cc1ccccc1CN(C)C(=O)Cn1ccc(=O)c2ccccc21. The molecule has 0 aliphatic heterocycles. The molecule has 0 bridgehead atoms. The number of aryl methyl sites for hydroxylation is 1. The highest BCUT2D eigenvalue weighted by molar-refractivity contribution is 5.82. The van der Waals surface area contributed by atoms with E-state index in [0.717, 1.165) is 11.1 Å². The summed E-state index contributed by atoms with van der Waals surface area (Å²) in [5.74, 6) is 0.00653. The number of carbonyl (C=O) groups is 1. The third kappa shape index (κ3) is 3.23. The fourth-order valence-corrected chi connectivity index (χ4v) is 2.80. The smallest absolute Gasteiger partial charge is 0.242 e. The van der Waals surface area contributed by atoms with E-state index >= 15 is 0 Å². The first kappa shape index (κ1) is 16.0. The molecule has 0 aliphatic rings. The van der Waals surface area contributed by atoms with Crippen LogP contribution in [0.15, 0.2) is 65.6 Å². The molecule has 0 fully saturated rings. The lowest BCUT2D eigenvalue weighted by atomic mass is 10.1. The normalized spacial score (nSPS) is 10.8. The monoisotopic (exact) mass is 320 g/mol. The zero-order valence-corrected chi connectivity index (χ0v) is 13.9. The van der Waals surface area contributed by atoms with E-state index in [4.69, 9.17) is 0 Å². The molecule has 1 amide bonds. The maximum atomic E-state index is 12.6. The number of fused-ring (bicyclic) bond motifs is 1. The number of rotatable bonds is 4. The van der Waals surface area contributed by atoms with E-state index < -0.39 is 0 Å². The van der Waals surface area contributed by atoms with Crippen LogP contribution < -0.4 is 5.43 Å². The molecule has 0 aliphatic carbocycles. The molecule has 0 unspecified atom stereocenters. The number of carbonyl (C=O) groups excluding carboxylic acids is 1. The predicted molar refractivity (Wildman–Crippen MR) is 95.9 cm³/mol. The van der Waals surface area contributed by atoms with Crippen LogP contribution in [0.4, 0.5) is 0 Å². The number of pyridine rings is 1. The lowest BCUT2D eigenvalue weighted by Gasteiger charge is -2.20. The van der Waals surface area contributed by atoms with Crippen LogP contribution in [-0.2, 0) is 17.9 Å². The molecule has 24 heavy (non-hydrogen) atoms. The van der Waals surface area contributed by atoms with Gasteiger partial charge in [0.05, 0.1) is 5.52 Å². The van der Waals surface area contributed by atoms with Gasteiger partial charge in [-0.1, -0.05) is 36.4 Å². The quantitative estimate of drug-likeness (QED) is 0.742. The number of hydrogen-bond acceptors (Lipinski definition) is 2. The van der Waals surface area contributed by atoms with Gasteiger partial charge in [-0.3, -0.25) is 9.59 Å². The van der Waals surface area contributed by atoms with Crippen LogP contribution in [0.25, 0.3) is 10.9 Å². The van der Waals surface area contributed by atoms with Crippen LogP contribution in [-0.4, -0.2) is 22.4 Å². The second-order valence-corrected chi connectivity index (χ2v) is 6.00. The predicted octanol–water partition coefficient (Wildman–Crippen LogP) is 2.97. The summed E-state index contributed by atoms with van der Waals surface area (Å²) in [4.78, 5) is 26.2. The number of likely N-dealkylation sites (N-methyl/N-ethyl adjacent to an activating group) is 1. The van der Waals surface area contributed by atoms with E-state index in [-0.39, 0.29) is 17.9 Å². The first-order chi connectivity index (χ1) is 11.6. The Bertz CT molecular complexity index is 944. The Kier molecular flexibility index (Phi) is 4.47. The molecule has 1 heterocycles. The molecule has 0 radical (unpaired) electrons. The molecule has 4 heteroatoms. The summed E-state index contributed by atoms with van der Waals surface area (Å²) in [5, 5.41) is 0.634. The van der Waals surface area contributed by atoms with E-state index in [1.807, 2.05) is 54.0 Å². The van der Waals surface area contributed by atoms with Gasteiger partial charge in [0, 0.05) is 31.2 Å². The van der Waals surface area contributed by atoms with E-state index in [2.05, 4.69) is 0 Å². The first-order valence-electron chi connectivity index (χ1n) is 7.93. The summed E-state index contributed by atoms with van der Waals surface area (Å²) < 4.78 is 1.83. The Balaban J connectivity index is 1.81. The molecule has 3 aromatic rings. The van der Waals surface area contributed by atoms with Crippen molar-refractivity contribution in [2.45, 2.75) is 20.0 Å². The fourth-order valence-electron chi connectivity index (χ4n) is 2.80. The van der Waals surface area contributed by atoms with Gasteiger partial charge < -0.3 is 9.47 Å². The number of nitrogens with zero attached hydrogens (tertiary/aromatic N) is 2. The van der Waals surface area contributed by atoms with Crippen molar-refractivity contribution in [1.82, 2.24) is 9.47 Å². The van der Waals surface area contributed by atoms with Crippen molar-refractivity contribution in [2.75, 3.05) is 7.05 Å². The van der Waals surface area contributed by atoms with Crippen molar-refractivity contribution < 1.29 is 4.79 Å². The minimum atomic E-state index is -0.0254. The molecule has 0 atom stereocenters. The molecule has 0 N–H and O–H groups in total. The Hall–Kier alpha value is -2.88. The van der Waals surface area contributed by atoms with E-state index in [0.29, 0.717) is 11.9 Å². The average molecular weight is 320 g/mol. The largest absolute Gasteiger partial charge is 0.340 e. The Morgan fingerprint density at radius 2 is 1.75 bits per heavy atom. The van der Waals surface area contributed by atoms with Crippen molar-refractivity contribution >= 4 is 16.8 Å². The summed E-state index contributed by atoms with van der Waals surface area (Å²) in [6.45, 7) is 2.83. The molecular weight excluding hydrogens is 300 g/mol. The highest BCUT2D eigenvalue weighted by Crippen LogP contribution is 2.12. The number of amides is 1. The Labute approximate surface area is 141 Å². The van der Waals surface area contributed by atoms with Crippen molar-refractivity contribution in [3.63, 3.8) is 0 Å². The van der Waals surface area contributed by atoms with Crippen LogP contribution in [0.1, 0.15) is 11.1 Å². The van der Waals surface area contributed by atoms with Gasteiger partial charge in [-0.05, 0) is 30.2 Å². The molecule has 1 aromatic heterocycles. The van der Waals surface area contributed by atoms with Gasteiger partial charge in [0.1, 0.15) is 6.54 Å². The zero-order chi connectivity index (χ0) is 17.1. The highest BCUT2D eigenvalue weighted by Gasteiger charge is 2.12. The first-order valence-corrected chi connectivity index (χ1v) is 7.93. The van der Waals surface area contributed by atoms with Gasteiger partial charge in [0.15, 0.2) is 5.43 Å². The number of benzene rings is 2. The highest BCUT2D eigenvalue weighted by atomic mass is 16.2. The maximum absolute atomic E-state index is 12.6. The maximum Gasteiger partial charge on any atom is 0.242 e. The molecule has 2 aromatic carbocycles. The standard InChI is InChI=1S/C20H20N2O2/c1-15-7-3-4-8-16(15)13-21(2)20(24)14-22-12-11-19(23)17-9-5-6-10-18(17)22/h3-12H,13-14H2,1-2H3. The third-order valence-corrected chi connectivity index (χ3v) is 4.28. The van der Waals surface area contributed by atoms with Crippen molar-refractivity contribution in [1.29, 1.82) is 0 Å². The molecule has 0 saturated heterocycles. The van der Waals surface area contributed by atoms with E-state index in [9.17, 15) is 9.59 Å². The van der Waals surface area contributed by atoms with Gasteiger partial charge in [-0.2, -0.15) is 0 Å². The fraction of sp³-hybridized carbons (Fsp3) is 0.200. The van der Waals surface area contributed by atoms with Crippen LogP contribution in [0.5, 0.6) is 0 Å². The minimum absolute atomic E-state index is 0.00653. The van der Waals surface area contributed by atoms with Gasteiger partial charge in [-0.25, -0.2) is 0 Å². The molecule has 122 valence electrons. The summed E-state index contributed by atoms with van der Waals surface area (Å²) in [7, 11) is 1.81. The zero-order valence-electron chi connectivity index (χ0n) is 13.9. The van der Waals surface area contributed by atoms with Gasteiger partial charge >= 0.3 is 0 Å². The van der Waals surface area contributed by atoms with Crippen molar-refractivity contribution in [3.05, 3.63) is 82.1 Å². The van der Waals surface area contributed by atoms with Gasteiger partial charge in [0.25, 0.3) is 0 Å². The van der Waals surface area contributed by atoms with Crippen LogP contribution >= 0.6 is 0 Å².